The Balaban J connectivity index is 0.000000161. The van der Waals surface area contributed by atoms with Gasteiger partial charge in [-0.25, -0.2) is 9.97 Å². The fourth-order valence-corrected chi connectivity index (χ4v) is 4.51. The molecule has 0 spiro atoms. The van der Waals surface area contributed by atoms with Crippen LogP contribution in [0.4, 0.5) is 0 Å². The van der Waals surface area contributed by atoms with Crippen LogP contribution in [0, 0.1) is 0 Å². The number of imidazole rings is 2. The van der Waals surface area contributed by atoms with E-state index in [2.05, 4.69) is 44.2 Å². The molecule has 0 aliphatic rings. The molecule has 2 heterocycles. The number of rotatable bonds is 8. The number of hydrogen-bond donors (Lipinski definition) is 4. The lowest BCUT2D eigenvalue weighted by atomic mass is 10.1. The third-order valence-electron chi connectivity index (χ3n) is 6.57. The van der Waals surface area contributed by atoms with E-state index in [0.717, 1.165) is 47.0 Å². The van der Waals surface area contributed by atoms with Crippen LogP contribution in [-0.4, -0.2) is 30.1 Å². The van der Waals surface area contributed by atoms with Crippen molar-refractivity contribution in [3.8, 4) is 22.8 Å². The van der Waals surface area contributed by atoms with Crippen molar-refractivity contribution in [3.63, 3.8) is 0 Å². The lowest BCUT2D eigenvalue weighted by Gasteiger charge is -2.00. The lowest BCUT2D eigenvalue weighted by Crippen LogP contribution is -1.94. The Hall–Kier alpha value is -4.78. The second kappa shape index (κ2) is 13.3. The van der Waals surface area contributed by atoms with Crippen LogP contribution in [0.15, 0.2) is 121 Å². The van der Waals surface area contributed by atoms with E-state index >= 15 is 0 Å². The molecule has 40 heavy (non-hydrogen) atoms. The van der Waals surface area contributed by atoms with Gasteiger partial charge >= 0.3 is 0 Å². The number of aliphatic hydroxyl groups is 2. The van der Waals surface area contributed by atoms with E-state index in [4.69, 9.17) is 0 Å². The fraction of sp³-hybridized carbons (Fsp3) is 0.118. The van der Waals surface area contributed by atoms with Crippen LogP contribution in [0.3, 0.4) is 0 Å². The number of benzene rings is 4. The average molecular weight is 529 g/mol. The van der Waals surface area contributed by atoms with Gasteiger partial charge in [-0.15, -0.1) is 0 Å². The van der Waals surface area contributed by atoms with E-state index in [1.165, 1.54) is 11.1 Å². The molecule has 0 saturated carbocycles. The first-order chi connectivity index (χ1) is 19.7. The smallest absolute Gasteiger partial charge is 0.137 e. The molecule has 0 radical (unpaired) electrons. The summed E-state index contributed by atoms with van der Waals surface area (Å²) in [7, 11) is 0. The first kappa shape index (κ1) is 26.8. The van der Waals surface area contributed by atoms with Crippen LogP contribution in [0.1, 0.15) is 33.9 Å². The van der Waals surface area contributed by atoms with Gasteiger partial charge in [-0.2, -0.15) is 0 Å². The van der Waals surface area contributed by atoms with Crippen molar-refractivity contribution in [1.29, 1.82) is 0 Å². The first-order valence-corrected chi connectivity index (χ1v) is 13.3. The third kappa shape index (κ3) is 6.80. The molecule has 0 unspecified atom stereocenters. The van der Waals surface area contributed by atoms with E-state index in [1.54, 1.807) is 0 Å². The summed E-state index contributed by atoms with van der Waals surface area (Å²) >= 11 is 0. The molecule has 6 heteroatoms. The number of nitrogens with one attached hydrogen (secondary N) is 2. The highest BCUT2D eigenvalue weighted by molar-refractivity contribution is 5.56. The van der Waals surface area contributed by atoms with Crippen molar-refractivity contribution in [2.45, 2.75) is 26.1 Å². The minimum absolute atomic E-state index is 0.0501. The second-order valence-corrected chi connectivity index (χ2v) is 9.39. The number of hydrogen-bond acceptors (Lipinski definition) is 4. The van der Waals surface area contributed by atoms with Crippen molar-refractivity contribution in [3.05, 3.63) is 155 Å². The van der Waals surface area contributed by atoms with Crippen LogP contribution in [-0.2, 0) is 26.1 Å². The second-order valence-electron chi connectivity index (χ2n) is 9.39. The monoisotopic (exact) mass is 528 g/mol. The fourth-order valence-electron chi connectivity index (χ4n) is 4.51. The Kier molecular flexibility index (Phi) is 8.94. The van der Waals surface area contributed by atoms with Gasteiger partial charge in [-0.3, -0.25) is 0 Å². The van der Waals surface area contributed by atoms with E-state index < -0.39 is 0 Å². The van der Waals surface area contributed by atoms with Crippen molar-refractivity contribution in [2.75, 3.05) is 0 Å². The molecular formula is C34H32N4O2. The lowest BCUT2D eigenvalue weighted by molar-refractivity contribution is 0.276. The van der Waals surface area contributed by atoms with Crippen molar-refractivity contribution < 1.29 is 10.2 Å². The minimum Gasteiger partial charge on any atom is -0.390 e. The highest BCUT2D eigenvalue weighted by Gasteiger charge is 2.12. The summed E-state index contributed by atoms with van der Waals surface area (Å²) < 4.78 is 0. The molecule has 0 fully saturated rings. The molecule has 0 aliphatic heterocycles. The summed E-state index contributed by atoms with van der Waals surface area (Å²) in [6, 6.07) is 40.3. The van der Waals surface area contributed by atoms with Crippen LogP contribution < -0.4 is 0 Å². The highest BCUT2D eigenvalue weighted by Crippen LogP contribution is 2.21. The Labute approximate surface area is 234 Å². The van der Waals surface area contributed by atoms with E-state index in [0.29, 0.717) is 11.4 Å². The zero-order valence-electron chi connectivity index (χ0n) is 22.2. The van der Waals surface area contributed by atoms with Gasteiger partial charge < -0.3 is 20.2 Å². The SMILES string of the molecule is OCc1nc(-c2ccccc2)[nH]c1Cc1ccccc1.OCc1nc(-c2ccccc2)[nH]c1Cc1ccccc1. The third-order valence-corrected chi connectivity index (χ3v) is 6.57. The number of aromatic nitrogens is 4. The summed E-state index contributed by atoms with van der Waals surface area (Å²) in [5, 5.41) is 18.9. The van der Waals surface area contributed by atoms with Crippen LogP contribution in [0.2, 0.25) is 0 Å². The standard InChI is InChI=1S/2C17H16N2O/c2*20-12-16-15(11-13-7-3-1-4-8-13)18-17(19-16)14-9-5-2-6-10-14/h2*1-10,20H,11-12H2,(H,18,19). The van der Waals surface area contributed by atoms with Gasteiger partial charge in [0, 0.05) is 35.4 Å². The molecule has 0 atom stereocenters. The van der Waals surface area contributed by atoms with Gasteiger partial charge in [0.1, 0.15) is 11.6 Å². The maximum absolute atomic E-state index is 9.47. The van der Waals surface area contributed by atoms with Crippen molar-refractivity contribution in [2.24, 2.45) is 0 Å². The Morgan fingerprint density at radius 1 is 0.450 bits per heavy atom. The van der Waals surface area contributed by atoms with Gasteiger partial charge in [0.15, 0.2) is 0 Å². The molecule has 0 aliphatic carbocycles. The largest absolute Gasteiger partial charge is 0.390 e. The van der Waals surface area contributed by atoms with E-state index in [-0.39, 0.29) is 13.2 Å². The van der Waals surface area contributed by atoms with Crippen molar-refractivity contribution >= 4 is 0 Å². The minimum atomic E-state index is -0.0501. The van der Waals surface area contributed by atoms with Crippen LogP contribution in [0.5, 0.6) is 0 Å². The molecule has 2 aromatic heterocycles. The van der Waals surface area contributed by atoms with E-state index in [9.17, 15) is 10.2 Å². The Morgan fingerprint density at radius 3 is 1.10 bits per heavy atom. The zero-order valence-corrected chi connectivity index (χ0v) is 22.2. The molecule has 0 amide bonds. The maximum atomic E-state index is 9.47. The summed E-state index contributed by atoms with van der Waals surface area (Å²) in [5.41, 5.74) is 7.83. The predicted octanol–water partition coefficient (Wildman–Crippen LogP) is 6.32. The quantitative estimate of drug-likeness (QED) is 0.186. The number of aliphatic hydroxyl groups excluding tert-OH is 2. The van der Waals surface area contributed by atoms with Gasteiger partial charge in [0.05, 0.1) is 24.6 Å². The molecule has 4 N–H and O–H groups in total. The summed E-state index contributed by atoms with van der Waals surface area (Å²) in [6.45, 7) is -0.100. The van der Waals surface area contributed by atoms with Crippen LogP contribution >= 0.6 is 0 Å². The summed E-state index contributed by atoms with van der Waals surface area (Å²) in [5.74, 6) is 1.61. The topological polar surface area (TPSA) is 97.8 Å². The maximum Gasteiger partial charge on any atom is 0.137 e. The van der Waals surface area contributed by atoms with Crippen LogP contribution in [0.25, 0.3) is 22.8 Å². The molecule has 4 aromatic carbocycles. The molecular weight excluding hydrogens is 496 g/mol. The highest BCUT2D eigenvalue weighted by atomic mass is 16.3. The Morgan fingerprint density at radius 2 is 0.775 bits per heavy atom. The number of nitrogens with zero attached hydrogens (tertiary/aromatic N) is 2. The molecule has 6 rings (SSSR count). The first-order valence-electron chi connectivity index (χ1n) is 13.3. The average Bonchev–Trinajstić information content (AvgIpc) is 3.63. The predicted molar refractivity (Wildman–Crippen MR) is 158 cm³/mol. The van der Waals surface area contributed by atoms with Gasteiger partial charge in [-0.05, 0) is 11.1 Å². The van der Waals surface area contributed by atoms with Gasteiger partial charge in [0.25, 0.3) is 0 Å². The zero-order chi connectivity index (χ0) is 27.6. The van der Waals surface area contributed by atoms with Gasteiger partial charge in [-0.1, -0.05) is 121 Å². The summed E-state index contributed by atoms with van der Waals surface area (Å²) in [4.78, 5) is 15.6. The molecule has 200 valence electrons. The van der Waals surface area contributed by atoms with E-state index in [1.807, 2.05) is 97.1 Å². The van der Waals surface area contributed by atoms with Crippen molar-refractivity contribution in [1.82, 2.24) is 19.9 Å². The normalized spacial score (nSPS) is 10.7. The molecule has 0 bridgehead atoms. The Bertz CT molecular complexity index is 1470. The number of H-pyrrole nitrogens is 2. The molecule has 6 nitrogen and oxygen atoms in total. The van der Waals surface area contributed by atoms with Gasteiger partial charge in [0.2, 0.25) is 0 Å². The molecule has 0 saturated heterocycles. The number of aromatic amines is 2. The summed E-state index contributed by atoms with van der Waals surface area (Å²) in [6.07, 6.45) is 1.49. The molecule has 6 aromatic rings.